The Labute approximate surface area is 164 Å². The molecule has 0 bridgehead atoms. The molecule has 8 heteroatoms. The van der Waals surface area contributed by atoms with Gasteiger partial charge in [0.2, 0.25) is 0 Å². The first-order valence-electron chi connectivity index (χ1n) is 9.11. The summed E-state index contributed by atoms with van der Waals surface area (Å²) in [5.41, 5.74) is 1.96. The molecule has 0 saturated carbocycles. The molecular weight excluding hydrogens is 370 g/mol. The smallest absolute Gasteiger partial charge is 0.271 e. The van der Waals surface area contributed by atoms with Crippen molar-refractivity contribution in [3.8, 4) is 0 Å². The standard InChI is InChI=1S/C18H25N5OS.ClH/c24-18(16-3-9-23(21-16)15-2-1-6-19-12-15)20-7-10-22-8-4-17-14(13-22)5-11-25-17;/h3,5,9,11,15,19H,1-2,4,6-8,10,12-13H2,(H,20,24);1H. The Hall–Kier alpha value is -1.41. The maximum Gasteiger partial charge on any atom is 0.271 e. The number of carbonyl (C=O) groups is 1. The highest BCUT2D eigenvalue weighted by atomic mass is 35.5. The number of hydrogen-bond acceptors (Lipinski definition) is 5. The zero-order valence-corrected chi connectivity index (χ0v) is 16.5. The minimum atomic E-state index is -0.0734. The Morgan fingerprint density at radius 1 is 1.42 bits per heavy atom. The molecule has 1 atom stereocenters. The monoisotopic (exact) mass is 395 g/mol. The fourth-order valence-electron chi connectivity index (χ4n) is 3.64. The molecule has 2 aromatic heterocycles. The molecule has 0 spiro atoms. The Bertz CT molecular complexity index is 725. The van der Waals surface area contributed by atoms with Crippen molar-refractivity contribution in [3.05, 3.63) is 39.8 Å². The van der Waals surface area contributed by atoms with Gasteiger partial charge < -0.3 is 10.6 Å². The van der Waals surface area contributed by atoms with Crippen LogP contribution in [0.4, 0.5) is 0 Å². The highest BCUT2D eigenvalue weighted by molar-refractivity contribution is 7.10. The third-order valence-corrected chi connectivity index (χ3v) is 6.11. The van der Waals surface area contributed by atoms with Gasteiger partial charge in [0, 0.05) is 43.8 Å². The average Bonchev–Trinajstić information content (AvgIpc) is 3.31. The molecule has 2 aliphatic heterocycles. The lowest BCUT2D eigenvalue weighted by molar-refractivity contribution is 0.0941. The minimum absolute atomic E-state index is 0. The van der Waals surface area contributed by atoms with Crippen molar-refractivity contribution >= 4 is 29.7 Å². The second-order valence-electron chi connectivity index (χ2n) is 6.83. The fourth-order valence-corrected chi connectivity index (χ4v) is 4.53. The molecule has 6 nitrogen and oxygen atoms in total. The van der Waals surface area contributed by atoms with Gasteiger partial charge in [-0.05, 0) is 48.9 Å². The molecule has 1 saturated heterocycles. The quantitative estimate of drug-likeness (QED) is 0.813. The summed E-state index contributed by atoms with van der Waals surface area (Å²) in [6.07, 6.45) is 5.33. The summed E-state index contributed by atoms with van der Waals surface area (Å²) in [7, 11) is 0. The molecule has 4 heterocycles. The van der Waals surface area contributed by atoms with Gasteiger partial charge in [-0.1, -0.05) is 0 Å². The largest absolute Gasteiger partial charge is 0.349 e. The second kappa shape index (κ2) is 8.99. The highest BCUT2D eigenvalue weighted by Gasteiger charge is 2.19. The third kappa shape index (κ3) is 4.46. The van der Waals surface area contributed by atoms with E-state index >= 15 is 0 Å². The van der Waals surface area contributed by atoms with Gasteiger partial charge in [-0.2, -0.15) is 5.10 Å². The summed E-state index contributed by atoms with van der Waals surface area (Å²) >= 11 is 1.86. The van der Waals surface area contributed by atoms with E-state index in [1.165, 1.54) is 10.4 Å². The van der Waals surface area contributed by atoms with Crippen molar-refractivity contribution in [1.82, 2.24) is 25.3 Å². The number of fused-ring (bicyclic) bond motifs is 1. The van der Waals surface area contributed by atoms with Crippen LogP contribution in [0.5, 0.6) is 0 Å². The van der Waals surface area contributed by atoms with Gasteiger partial charge in [0.1, 0.15) is 5.69 Å². The van der Waals surface area contributed by atoms with E-state index in [4.69, 9.17) is 0 Å². The Morgan fingerprint density at radius 3 is 3.19 bits per heavy atom. The predicted octanol–water partition coefficient (Wildman–Crippen LogP) is 2.08. The van der Waals surface area contributed by atoms with Crippen LogP contribution in [-0.2, 0) is 13.0 Å². The Balaban J connectivity index is 0.00000196. The lowest BCUT2D eigenvalue weighted by atomic mass is 10.1. The molecule has 0 aromatic carbocycles. The van der Waals surface area contributed by atoms with Gasteiger partial charge >= 0.3 is 0 Å². The number of carbonyl (C=O) groups excluding carboxylic acids is 1. The van der Waals surface area contributed by atoms with Crippen LogP contribution >= 0.6 is 23.7 Å². The average molecular weight is 396 g/mol. The van der Waals surface area contributed by atoms with Gasteiger partial charge in [0.15, 0.2) is 0 Å². The van der Waals surface area contributed by atoms with Crippen LogP contribution in [0.3, 0.4) is 0 Å². The molecule has 2 N–H and O–H groups in total. The van der Waals surface area contributed by atoms with E-state index in [9.17, 15) is 4.79 Å². The van der Waals surface area contributed by atoms with Crippen molar-refractivity contribution in [3.63, 3.8) is 0 Å². The number of nitrogens with one attached hydrogen (secondary N) is 2. The maximum atomic E-state index is 12.3. The van der Waals surface area contributed by atoms with Crippen molar-refractivity contribution < 1.29 is 4.79 Å². The topological polar surface area (TPSA) is 62.2 Å². The van der Waals surface area contributed by atoms with E-state index in [-0.39, 0.29) is 18.3 Å². The normalized spacial score (nSPS) is 20.2. The number of thiophene rings is 1. The molecule has 4 rings (SSSR count). The lowest BCUT2D eigenvalue weighted by Crippen LogP contribution is -2.37. The van der Waals surface area contributed by atoms with Gasteiger partial charge in [-0.15, -0.1) is 23.7 Å². The molecule has 1 fully saturated rings. The lowest BCUT2D eigenvalue weighted by Gasteiger charge is -2.26. The number of nitrogens with zero attached hydrogens (tertiary/aromatic N) is 3. The SMILES string of the molecule is Cl.O=C(NCCN1CCc2sccc2C1)c1ccn(C2CCCNC2)n1. The Kier molecular flexibility index (Phi) is 6.69. The number of amides is 1. The van der Waals surface area contributed by atoms with E-state index in [1.807, 2.05) is 28.3 Å². The molecule has 0 aliphatic carbocycles. The van der Waals surface area contributed by atoms with Crippen molar-refractivity contribution in [2.24, 2.45) is 0 Å². The van der Waals surface area contributed by atoms with Gasteiger partial charge in [-0.3, -0.25) is 14.4 Å². The Morgan fingerprint density at radius 2 is 2.35 bits per heavy atom. The number of halogens is 1. The first-order valence-corrected chi connectivity index (χ1v) is 9.99. The fraction of sp³-hybridized carbons (Fsp3) is 0.556. The predicted molar refractivity (Wildman–Crippen MR) is 106 cm³/mol. The number of aromatic nitrogens is 2. The van der Waals surface area contributed by atoms with Crippen molar-refractivity contribution in [1.29, 1.82) is 0 Å². The first kappa shape index (κ1) is 19.4. The van der Waals surface area contributed by atoms with Crippen LogP contribution in [0.2, 0.25) is 0 Å². The molecule has 1 amide bonds. The molecule has 142 valence electrons. The van der Waals surface area contributed by atoms with E-state index in [1.54, 1.807) is 0 Å². The van der Waals surface area contributed by atoms with Crippen LogP contribution in [0, 0.1) is 0 Å². The highest BCUT2D eigenvalue weighted by Crippen LogP contribution is 2.23. The van der Waals surface area contributed by atoms with Crippen LogP contribution in [0.1, 0.15) is 39.8 Å². The van der Waals surface area contributed by atoms with E-state index < -0.39 is 0 Å². The van der Waals surface area contributed by atoms with Crippen LogP contribution in [0.15, 0.2) is 23.7 Å². The summed E-state index contributed by atoms with van der Waals surface area (Å²) in [5, 5.41) is 13.0. The van der Waals surface area contributed by atoms with E-state index in [2.05, 4.69) is 32.1 Å². The van der Waals surface area contributed by atoms with Crippen molar-refractivity contribution in [2.45, 2.75) is 31.8 Å². The van der Waals surface area contributed by atoms with Crippen LogP contribution in [-0.4, -0.2) is 53.3 Å². The number of rotatable bonds is 5. The summed E-state index contributed by atoms with van der Waals surface area (Å²) < 4.78 is 1.93. The molecule has 0 radical (unpaired) electrons. The molecule has 1 unspecified atom stereocenters. The van der Waals surface area contributed by atoms with E-state index in [0.29, 0.717) is 18.3 Å². The van der Waals surface area contributed by atoms with Gasteiger partial charge in [-0.25, -0.2) is 0 Å². The zero-order chi connectivity index (χ0) is 17.1. The van der Waals surface area contributed by atoms with Crippen LogP contribution in [0.25, 0.3) is 0 Å². The summed E-state index contributed by atoms with van der Waals surface area (Å²) in [4.78, 5) is 16.2. The van der Waals surface area contributed by atoms with Crippen LogP contribution < -0.4 is 10.6 Å². The minimum Gasteiger partial charge on any atom is -0.349 e. The second-order valence-corrected chi connectivity index (χ2v) is 7.83. The molecule has 26 heavy (non-hydrogen) atoms. The summed E-state index contributed by atoms with van der Waals surface area (Å²) in [5.74, 6) is -0.0734. The van der Waals surface area contributed by atoms with Crippen molar-refractivity contribution in [2.75, 3.05) is 32.7 Å². The first-order chi connectivity index (χ1) is 12.3. The van der Waals surface area contributed by atoms with Gasteiger partial charge in [0.05, 0.1) is 6.04 Å². The summed E-state index contributed by atoms with van der Waals surface area (Å²) in [6.45, 7) is 5.63. The number of hydrogen-bond donors (Lipinski definition) is 2. The summed E-state index contributed by atoms with van der Waals surface area (Å²) in [6, 6.07) is 4.41. The molecule has 2 aromatic rings. The van der Waals surface area contributed by atoms with E-state index in [0.717, 1.165) is 52.0 Å². The molecular formula is C18H26ClN5OS. The zero-order valence-electron chi connectivity index (χ0n) is 14.8. The third-order valence-electron chi connectivity index (χ3n) is 5.09. The maximum absolute atomic E-state index is 12.3. The van der Waals surface area contributed by atoms with Gasteiger partial charge in [0.25, 0.3) is 5.91 Å². The number of piperidine rings is 1. The molecule has 2 aliphatic rings.